The van der Waals surface area contributed by atoms with Crippen molar-refractivity contribution in [2.75, 3.05) is 24.7 Å². The Balaban J connectivity index is 1.71. The van der Waals surface area contributed by atoms with Gasteiger partial charge < -0.3 is 14.4 Å². The van der Waals surface area contributed by atoms with Gasteiger partial charge in [-0.25, -0.2) is 0 Å². The maximum atomic E-state index is 11.5. The highest BCUT2D eigenvalue weighted by Crippen LogP contribution is 2.43. The van der Waals surface area contributed by atoms with Crippen molar-refractivity contribution in [1.29, 1.82) is 0 Å². The van der Waals surface area contributed by atoms with E-state index >= 15 is 0 Å². The Morgan fingerprint density at radius 1 is 1.12 bits per heavy atom. The molecule has 0 aliphatic carbocycles. The molecule has 0 amide bonds. The zero-order chi connectivity index (χ0) is 17.4. The van der Waals surface area contributed by atoms with E-state index in [-0.39, 0.29) is 16.7 Å². The fourth-order valence-electron chi connectivity index (χ4n) is 3.55. The van der Waals surface area contributed by atoms with Crippen LogP contribution in [0.5, 0.6) is 11.5 Å². The van der Waals surface area contributed by atoms with E-state index in [4.69, 9.17) is 9.47 Å². The molecule has 0 spiro atoms. The second-order valence-electron chi connectivity index (χ2n) is 6.14. The van der Waals surface area contributed by atoms with E-state index in [0.29, 0.717) is 23.4 Å². The third-order valence-corrected chi connectivity index (χ3v) is 5.14. The normalized spacial score (nSPS) is 19.1. The van der Waals surface area contributed by atoms with Crippen LogP contribution in [0.3, 0.4) is 0 Å². The van der Waals surface area contributed by atoms with Crippen LogP contribution in [0.25, 0.3) is 0 Å². The third-order valence-electron chi connectivity index (χ3n) is 4.65. The van der Waals surface area contributed by atoms with Gasteiger partial charge in [-0.2, -0.15) is 0 Å². The molecule has 2 aliphatic heterocycles. The molecule has 2 aromatic carbocycles. The van der Waals surface area contributed by atoms with Gasteiger partial charge >= 0.3 is 0 Å². The molecule has 6 nitrogen and oxygen atoms in total. The van der Waals surface area contributed by atoms with Gasteiger partial charge in [-0.05, 0) is 42.7 Å². The molecule has 7 heteroatoms. The Hall–Kier alpha value is -2.28. The molecule has 1 atom stereocenters. The minimum atomic E-state index is -0.320. The number of fused-ring (bicyclic) bond motifs is 1. The Morgan fingerprint density at radius 3 is 2.72 bits per heavy atom. The SMILES string of the molecule is O=[N+]([O-])c1cc(Br)ccc1N1CCCC1c1ccc2c(c1)OCCO2. The zero-order valence-corrected chi connectivity index (χ0v) is 15.1. The summed E-state index contributed by atoms with van der Waals surface area (Å²) in [6.45, 7) is 1.90. The van der Waals surface area contributed by atoms with Crippen molar-refractivity contribution in [3.05, 3.63) is 56.5 Å². The van der Waals surface area contributed by atoms with Crippen molar-refractivity contribution in [2.45, 2.75) is 18.9 Å². The number of hydrogen-bond acceptors (Lipinski definition) is 5. The molecule has 1 saturated heterocycles. The molecule has 0 radical (unpaired) electrons. The number of nitrogens with zero attached hydrogens (tertiary/aromatic N) is 2. The van der Waals surface area contributed by atoms with Crippen LogP contribution in [-0.4, -0.2) is 24.7 Å². The van der Waals surface area contributed by atoms with Gasteiger partial charge in [-0.1, -0.05) is 22.0 Å². The van der Waals surface area contributed by atoms with Gasteiger partial charge in [0.2, 0.25) is 0 Å². The van der Waals surface area contributed by atoms with Crippen LogP contribution >= 0.6 is 15.9 Å². The first-order valence-electron chi connectivity index (χ1n) is 8.23. The minimum Gasteiger partial charge on any atom is -0.486 e. The van der Waals surface area contributed by atoms with Gasteiger partial charge in [-0.3, -0.25) is 10.1 Å². The second kappa shape index (κ2) is 6.55. The zero-order valence-electron chi connectivity index (χ0n) is 13.5. The molecule has 0 N–H and O–H groups in total. The number of benzene rings is 2. The molecule has 0 saturated carbocycles. The molecule has 1 unspecified atom stereocenters. The van der Waals surface area contributed by atoms with E-state index in [1.165, 1.54) is 0 Å². The number of ether oxygens (including phenoxy) is 2. The predicted octanol–water partition coefficient (Wildman–Crippen LogP) is 4.47. The highest BCUT2D eigenvalue weighted by molar-refractivity contribution is 9.10. The van der Waals surface area contributed by atoms with Crippen LogP contribution < -0.4 is 14.4 Å². The van der Waals surface area contributed by atoms with Crippen LogP contribution in [-0.2, 0) is 0 Å². The summed E-state index contributed by atoms with van der Waals surface area (Å²) in [4.78, 5) is 13.3. The van der Waals surface area contributed by atoms with Gasteiger partial charge in [-0.15, -0.1) is 0 Å². The van der Waals surface area contributed by atoms with Crippen molar-refractivity contribution in [3.63, 3.8) is 0 Å². The van der Waals surface area contributed by atoms with Crippen LogP contribution in [0, 0.1) is 10.1 Å². The summed E-state index contributed by atoms with van der Waals surface area (Å²) in [5, 5.41) is 11.5. The molecule has 4 rings (SSSR count). The number of hydrogen-bond donors (Lipinski definition) is 0. The molecule has 2 aliphatic rings. The molecular weight excluding hydrogens is 388 g/mol. The van der Waals surface area contributed by atoms with Crippen molar-refractivity contribution < 1.29 is 14.4 Å². The van der Waals surface area contributed by atoms with E-state index in [0.717, 1.165) is 36.4 Å². The smallest absolute Gasteiger partial charge is 0.293 e. The second-order valence-corrected chi connectivity index (χ2v) is 7.06. The van der Waals surface area contributed by atoms with Gasteiger partial charge in [0.25, 0.3) is 5.69 Å². The van der Waals surface area contributed by atoms with E-state index in [2.05, 4.69) is 20.8 Å². The lowest BCUT2D eigenvalue weighted by Gasteiger charge is -2.28. The molecule has 130 valence electrons. The Kier molecular flexibility index (Phi) is 4.25. The van der Waals surface area contributed by atoms with Crippen molar-refractivity contribution in [1.82, 2.24) is 0 Å². The summed E-state index contributed by atoms with van der Waals surface area (Å²) in [6, 6.07) is 11.3. The first-order valence-corrected chi connectivity index (χ1v) is 9.03. The number of halogens is 1. The molecule has 25 heavy (non-hydrogen) atoms. The summed E-state index contributed by atoms with van der Waals surface area (Å²) in [6.07, 6.45) is 1.94. The quantitative estimate of drug-likeness (QED) is 0.557. The maximum absolute atomic E-state index is 11.5. The Bertz CT molecular complexity index is 827. The lowest BCUT2D eigenvalue weighted by Crippen LogP contribution is -2.24. The molecule has 0 aromatic heterocycles. The molecule has 0 bridgehead atoms. The van der Waals surface area contributed by atoms with E-state index < -0.39 is 0 Å². The van der Waals surface area contributed by atoms with Gasteiger partial charge in [0, 0.05) is 17.1 Å². The fraction of sp³-hybridized carbons (Fsp3) is 0.333. The molecule has 2 aromatic rings. The number of anilines is 1. The highest BCUT2D eigenvalue weighted by atomic mass is 79.9. The standard InChI is InChI=1S/C18H17BrN2O4/c19-13-4-5-15(16(11-13)21(22)23)20-7-1-2-14(20)12-3-6-17-18(10-12)25-9-8-24-17/h3-6,10-11,14H,1-2,7-9H2. The monoisotopic (exact) mass is 404 g/mol. The lowest BCUT2D eigenvalue weighted by molar-refractivity contribution is -0.384. The summed E-state index contributed by atoms with van der Waals surface area (Å²) < 4.78 is 12.0. The van der Waals surface area contributed by atoms with Gasteiger partial charge in [0.15, 0.2) is 11.5 Å². The van der Waals surface area contributed by atoms with Gasteiger partial charge in [0.05, 0.1) is 11.0 Å². The third kappa shape index (κ3) is 3.04. The molecule has 2 heterocycles. The summed E-state index contributed by atoms with van der Waals surface area (Å²) in [5.41, 5.74) is 1.88. The summed E-state index contributed by atoms with van der Waals surface area (Å²) in [7, 11) is 0. The largest absolute Gasteiger partial charge is 0.486 e. The Morgan fingerprint density at radius 2 is 1.92 bits per heavy atom. The minimum absolute atomic E-state index is 0.0932. The van der Waals surface area contributed by atoms with E-state index in [1.807, 2.05) is 30.3 Å². The summed E-state index contributed by atoms with van der Waals surface area (Å²) >= 11 is 3.32. The first kappa shape index (κ1) is 16.2. The van der Waals surface area contributed by atoms with Crippen LogP contribution in [0.4, 0.5) is 11.4 Å². The number of nitro benzene ring substituents is 1. The van der Waals surface area contributed by atoms with Crippen molar-refractivity contribution in [2.24, 2.45) is 0 Å². The average molecular weight is 405 g/mol. The first-order chi connectivity index (χ1) is 12.1. The van der Waals surface area contributed by atoms with Crippen LogP contribution in [0.15, 0.2) is 40.9 Å². The maximum Gasteiger partial charge on any atom is 0.293 e. The average Bonchev–Trinajstić information content (AvgIpc) is 3.10. The number of nitro groups is 1. The fourth-order valence-corrected chi connectivity index (χ4v) is 3.90. The Labute approximate surface area is 153 Å². The van der Waals surface area contributed by atoms with Gasteiger partial charge in [0.1, 0.15) is 18.9 Å². The topological polar surface area (TPSA) is 64.8 Å². The lowest BCUT2D eigenvalue weighted by atomic mass is 10.0. The van der Waals surface area contributed by atoms with Crippen LogP contribution in [0.2, 0.25) is 0 Å². The predicted molar refractivity (Wildman–Crippen MR) is 97.5 cm³/mol. The van der Waals surface area contributed by atoms with E-state index in [1.54, 1.807) is 6.07 Å². The molecular formula is C18H17BrN2O4. The van der Waals surface area contributed by atoms with Crippen LogP contribution in [0.1, 0.15) is 24.4 Å². The summed E-state index contributed by atoms with van der Waals surface area (Å²) in [5.74, 6) is 1.51. The molecule has 1 fully saturated rings. The highest BCUT2D eigenvalue weighted by Gasteiger charge is 2.31. The van der Waals surface area contributed by atoms with Crippen molar-refractivity contribution in [3.8, 4) is 11.5 Å². The van der Waals surface area contributed by atoms with Crippen molar-refractivity contribution >= 4 is 27.3 Å². The number of rotatable bonds is 3. The van der Waals surface area contributed by atoms with E-state index in [9.17, 15) is 10.1 Å².